The van der Waals surface area contributed by atoms with Gasteiger partial charge in [0.15, 0.2) is 5.65 Å². The minimum atomic E-state index is 0.498. The van der Waals surface area contributed by atoms with Crippen molar-refractivity contribution in [1.29, 1.82) is 0 Å². The molecule has 3 aromatic rings. The van der Waals surface area contributed by atoms with Crippen LogP contribution in [0.15, 0.2) is 36.5 Å². The van der Waals surface area contributed by atoms with Gasteiger partial charge in [-0.15, -0.1) is 0 Å². The Morgan fingerprint density at radius 3 is 2.79 bits per heavy atom. The Hall–Kier alpha value is -2.20. The number of rotatable bonds is 2. The van der Waals surface area contributed by atoms with Crippen LogP contribution in [0.3, 0.4) is 0 Å². The van der Waals surface area contributed by atoms with Crippen LogP contribution in [-0.2, 0) is 6.54 Å². The van der Waals surface area contributed by atoms with Crippen LogP contribution < -0.4 is 5.73 Å². The molecule has 0 bridgehead atoms. The molecule has 2 aromatic heterocycles. The fourth-order valence-electron chi connectivity index (χ4n) is 2.24. The second kappa shape index (κ2) is 4.48. The number of fused-ring (bicyclic) bond motifs is 1. The molecule has 0 saturated heterocycles. The molecule has 0 saturated carbocycles. The molecule has 0 atom stereocenters. The molecule has 19 heavy (non-hydrogen) atoms. The number of hydrogen-bond acceptors (Lipinski definition) is 3. The molecule has 0 spiro atoms. The lowest BCUT2D eigenvalue weighted by Crippen LogP contribution is -2.00. The van der Waals surface area contributed by atoms with E-state index in [1.807, 2.05) is 29.9 Å². The summed E-state index contributed by atoms with van der Waals surface area (Å²) in [6, 6.07) is 10.3. The Balaban J connectivity index is 2.25. The van der Waals surface area contributed by atoms with Crippen molar-refractivity contribution in [1.82, 2.24) is 14.8 Å². The van der Waals surface area contributed by atoms with Gasteiger partial charge >= 0.3 is 0 Å². The van der Waals surface area contributed by atoms with Crippen molar-refractivity contribution in [2.75, 3.05) is 0 Å². The largest absolute Gasteiger partial charge is 0.326 e. The van der Waals surface area contributed by atoms with E-state index >= 15 is 0 Å². The number of benzene rings is 1. The van der Waals surface area contributed by atoms with Crippen LogP contribution in [-0.4, -0.2) is 14.8 Å². The van der Waals surface area contributed by atoms with Gasteiger partial charge in [0.2, 0.25) is 0 Å². The molecule has 0 fully saturated rings. The molecule has 96 valence electrons. The quantitative estimate of drug-likeness (QED) is 0.762. The third-order valence-electron chi connectivity index (χ3n) is 3.25. The highest BCUT2D eigenvalue weighted by molar-refractivity contribution is 5.80. The number of nitrogens with zero attached hydrogens (tertiary/aromatic N) is 3. The van der Waals surface area contributed by atoms with Gasteiger partial charge in [-0.2, -0.15) is 5.10 Å². The van der Waals surface area contributed by atoms with Crippen LogP contribution >= 0.6 is 0 Å². The molecule has 4 heteroatoms. The second-order valence-electron chi connectivity index (χ2n) is 4.76. The first-order valence-electron chi connectivity index (χ1n) is 6.30. The first kappa shape index (κ1) is 11.9. The molecule has 0 aliphatic heterocycles. The van der Waals surface area contributed by atoms with Crippen molar-refractivity contribution in [2.45, 2.75) is 20.4 Å². The van der Waals surface area contributed by atoms with E-state index in [2.05, 4.69) is 35.2 Å². The summed E-state index contributed by atoms with van der Waals surface area (Å²) in [6.45, 7) is 4.57. The minimum absolute atomic E-state index is 0.498. The average Bonchev–Trinajstić information content (AvgIpc) is 2.76. The van der Waals surface area contributed by atoms with Crippen molar-refractivity contribution >= 4 is 11.0 Å². The second-order valence-corrected chi connectivity index (χ2v) is 4.76. The Kier molecular flexibility index (Phi) is 2.80. The van der Waals surface area contributed by atoms with Gasteiger partial charge in [0.05, 0.1) is 11.4 Å². The zero-order valence-electron chi connectivity index (χ0n) is 11.1. The maximum atomic E-state index is 5.66. The zero-order valence-corrected chi connectivity index (χ0v) is 11.1. The number of nitrogens with two attached hydrogens (primary N) is 1. The summed E-state index contributed by atoms with van der Waals surface area (Å²) < 4.78 is 1.89. The van der Waals surface area contributed by atoms with Gasteiger partial charge in [0, 0.05) is 18.1 Å². The van der Waals surface area contributed by atoms with Gasteiger partial charge in [-0.05, 0) is 43.2 Å². The van der Waals surface area contributed by atoms with Crippen molar-refractivity contribution in [2.24, 2.45) is 5.73 Å². The molecule has 2 heterocycles. The number of hydrogen-bond donors (Lipinski definition) is 1. The highest BCUT2D eigenvalue weighted by Gasteiger charge is 2.10. The minimum Gasteiger partial charge on any atom is -0.326 e. The molecule has 0 unspecified atom stereocenters. The van der Waals surface area contributed by atoms with E-state index in [0.717, 1.165) is 28.0 Å². The maximum Gasteiger partial charge on any atom is 0.163 e. The lowest BCUT2D eigenvalue weighted by atomic mass is 10.2. The summed E-state index contributed by atoms with van der Waals surface area (Å²) in [5.41, 5.74) is 10.8. The van der Waals surface area contributed by atoms with Crippen molar-refractivity contribution < 1.29 is 0 Å². The summed E-state index contributed by atoms with van der Waals surface area (Å²) in [6.07, 6.45) is 1.82. The molecule has 0 amide bonds. The van der Waals surface area contributed by atoms with Crippen molar-refractivity contribution in [3.8, 4) is 5.69 Å². The summed E-state index contributed by atoms with van der Waals surface area (Å²) in [4.78, 5) is 4.50. The Labute approximate surface area is 111 Å². The fraction of sp³-hybridized carbons (Fsp3) is 0.200. The molecular weight excluding hydrogens is 236 g/mol. The molecule has 2 N–H and O–H groups in total. The SMILES string of the molecule is Cc1cccc(-n2nc(C)c3cc(CN)cnc32)c1. The number of aromatic nitrogens is 3. The highest BCUT2D eigenvalue weighted by atomic mass is 15.3. The molecule has 1 aromatic carbocycles. The van der Waals surface area contributed by atoms with Gasteiger partial charge in [-0.1, -0.05) is 12.1 Å². The maximum absolute atomic E-state index is 5.66. The number of aryl methyl sites for hydroxylation is 2. The summed E-state index contributed by atoms with van der Waals surface area (Å²) >= 11 is 0. The van der Waals surface area contributed by atoms with Gasteiger partial charge < -0.3 is 5.73 Å². The van der Waals surface area contributed by atoms with E-state index in [9.17, 15) is 0 Å². The standard InChI is InChI=1S/C15H16N4/c1-10-4-3-5-13(6-10)19-15-14(11(2)18-19)7-12(8-16)9-17-15/h3-7,9H,8,16H2,1-2H3. The molecule has 0 radical (unpaired) electrons. The highest BCUT2D eigenvalue weighted by Crippen LogP contribution is 2.21. The van der Waals surface area contributed by atoms with Gasteiger partial charge in [-0.3, -0.25) is 0 Å². The Bertz CT molecular complexity index is 743. The molecule has 0 aliphatic carbocycles. The summed E-state index contributed by atoms with van der Waals surface area (Å²) in [5.74, 6) is 0. The van der Waals surface area contributed by atoms with E-state index in [4.69, 9.17) is 5.73 Å². The first-order chi connectivity index (χ1) is 9.19. The Morgan fingerprint density at radius 2 is 2.05 bits per heavy atom. The van der Waals surface area contributed by atoms with Crippen LogP contribution in [0.5, 0.6) is 0 Å². The van der Waals surface area contributed by atoms with E-state index in [0.29, 0.717) is 6.54 Å². The predicted molar refractivity (Wildman–Crippen MR) is 76.2 cm³/mol. The third-order valence-corrected chi connectivity index (χ3v) is 3.25. The van der Waals surface area contributed by atoms with E-state index < -0.39 is 0 Å². The van der Waals surface area contributed by atoms with Crippen molar-refractivity contribution in [3.05, 3.63) is 53.3 Å². The van der Waals surface area contributed by atoms with Crippen LogP contribution in [0.25, 0.3) is 16.7 Å². The smallest absolute Gasteiger partial charge is 0.163 e. The molecule has 3 rings (SSSR count). The van der Waals surface area contributed by atoms with E-state index in [1.165, 1.54) is 5.56 Å². The lowest BCUT2D eigenvalue weighted by molar-refractivity contribution is 0.875. The van der Waals surface area contributed by atoms with Gasteiger partial charge in [-0.25, -0.2) is 9.67 Å². The number of pyridine rings is 1. The van der Waals surface area contributed by atoms with Crippen molar-refractivity contribution in [3.63, 3.8) is 0 Å². The van der Waals surface area contributed by atoms with Gasteiger partial charge in [0.25, 0.3) is 0 Å². The summed E-state index contributed by atoms with van der Waals surface area (Å²) in [5, 5.41) is 5.65. The lowest BCUT2D eigenvalue weighted by Gasteiger charge is -2.04. The Morgan fingerprint density at radius 1 is 1.21 bits per heavy atom. The normalized spacial score (nSPS) is 11.1. The zero-order chi connectivity index (χ0) is 13.4. The topological polar surface area (TPSA) is 56.7 Å². The fourth-order valence-corrected chi connectivity index (χ4v) is 2.24. The summed E-state index contributed by atoms with van der Waals surface area (Å²) in [7, 11) is 0. The van der Waals surface area contributed by atoms with E-state index in [-0.39, 0.29) is 0 Å². The van der Waals surface area contributed by atoms with Gasteiger partial charge in [0.1, 0.15) is 0 Å². The van der Waals surface area contributed by atoms with Crippen LogP contribution in [0.1, 0.15) is 16.8 Å². The first-order valence-corrected chi connectivity index (χ1v) is 6.30. The third kappa shape index (κ3) is 2.00. The molecular formula is C15H16N4. The van der Waals surface area contributed by atoms with Crippen LogP contribution in [0, 0.1) is 13.8 Å². The van der Waals surface area contributed by atoms with Crippen LogP contribution in [0.4, 0.5) is 0 Å². The predicted octanol–water partition coefficient (Wildman–Crippen LogP) is 2.50. The van der Waals surface area contributed by atoms with E-state index in [1.54, 1.807) is 0 Å². The molecule has 4 nitrogen and oxygen atoms in total. The van der Waals surface area contributed by atoms with Crippen LogP contribution in [0.2, 0.25) is 0 Å². The average molecular weight is 252 g/mol. The monoisotopic (exact) mass is 252 g/mol. The molecule has 0 aliphatic rings.